The molecule has 1 N–H and O–H groups in total. The molecule has 1 aromatic heterocycles. The van der Waals surface area contributed by atoms with E-state index in [1.165, 1.54) is 7.11 Å². The third-order valence-electron chi connectivity index (χ3n) is 4.16. The number of aromatic nitrogens is 1. The minimum absolute atomic E-state index is 0.276. The van der Waals surface area contributed by atoms with Gasteiger partial charge in [0, 0.05) is 15.7 Å². The summed E-state index contributed by atoms with van der Waals surface area (Å²) in [5.74, 6) is 0.222. The third-order valence-corrected chi connectivity index (χ3v) is 6.03. The zero-order valence-corrected chi connectivity index (χ0v) is 17.9. The molecule has 0 radical (unpaired) electrons. The van der Waals surface area contributed by atoms with Crippen LogP contribution in [0.3, 0.4) is 0 Å². The van der Waals surface area contributed by atoms with E-state index in [2.05, 4.69) is 26.2 Å². The summed E-state index contributed by atoms with van der Waals surface area (Å²) in [6, 6.07) is 18.6. The van der Waals surface area contributed by atoms with Crippen LogP contribution in [0.1, 0.15) is 10.4 Å². The van der Waals surface area contributed by atoms with E-state index in [1.54, 1.807) is 29.5 Å². The minimum Gasteiger partial charge on any atom is -0.496 e. The van der Waals surface area contributed by atoms with Crippen molar-refractivity contribution in [3.8, 4) is 16.3 Å². The van der Waals surface area contributed by atoms with Crippen LogP contribution < -0.4 is 10.1 Å². The minimum atomic E-state index is -0.276. The van der Waals surface area contributed by atoms with Gasteiger partial charge in [-0.1, -0.05) is 39.7 Å². The van der Waals surface area contributed by atoms with Crippen molar-refractivity contribution in [1.82, 2.24) is 4.98 Å². The lowest BCUT2D eigenvalue weighted by Gasteiger charge is -2.11. The number of thiazole rings is 1. The van der Waals surface area contributed by atoms with Gasteiger partial charge in [0.2, 0.25) is 0 Å². The van der Waals surface area contributed by atoms with Crippen molar-refractivity contribution >= 4 is 60.7 Å². The molecule has 0 unspecified atom stereocenters. The lowest BCUT2D eigenvalue weighted by molar-refractivity contribution is 0.102. The summed E-state index contributed by atoms with van der Waals surface area (Å²) in [5.41, 5.74) is 2.81. The number of para-hydroxylation sites is 1. The van der Waals surface area contributed by atoms with E-state index >= 15 is 0 Å². The number of hydrogen-bond donors (Lipinski definition) is 1. The normalized spacial score (nSPS) is 10.8. The average molecular weight is 474 g/mol. The van der Waals surface area contributed by atoms with Crippen molar-refractivity contribution in [2.45, 2.75) is 0 Å². The van der Waals surface area contributed by atoms with Crippen LogP contribution in [-0.2, 0) is 0 Å². The Hall–Kier alpha value is -2.41. The van der Waals surface area contributed by atoms with Gasteiger partial charge in [-0.25, -0.2) is 4.98 Å². The second-order valence-electron chi connectivity index (χ2n) is 5.98. The number of halogens is 2. The van der Waals surface area contributed by atoms with Gasteiger partial charge >= 0.3 is 0 Å². The Balaban J connectivity index is 1.61. The number of nitrogens with one attached hydrogen (secondary N) is 1. The molecule has 28 heavy (non-hydrogen) atoms. The number of carbonyl (C=O) groups is 1. The molecule has 0 saturated heterocycles. The number of ether oxygens (including phenoxy) is 1. The summed E-state index contributed by atoms with van der Waals surface area (Å²) in [6.07, 6.45) is 0. The second-order valence-corrected chi connectivity index (χ2v) is 8.33. The summed E-state index contributed by atoms with van der Waals surface area (Å²) in [5, 5.41) is 4.24. The number of benzene rings is 3. The van der Waals surface area contributed by atoms with Crippen LogP contribution in [-0.4, -0.2) is 18.0 Å². The van der Waals surface area contributed by atoms with Gasteiger partial charge in [0.25, 0.3) is 5.91 Å². The molecule has 0 atom stereocenters. The van der Waals surface area contributed by atoms with Crippen molar-refractivity contribution in [2.75, 3.05) is 12.4 Å². The van der Waals surface area contributed by atoms with E-state index in [1.807, 2.05) is 42.5 Å². The van der Waals surface area contributed by atoms with E-state index < -0.39 is 0 Å². The van der Waals surface area contributed by atoms with Crippen molar-refractivity contribution in [3.05, 3.63) is 75.7 Å². The van der Waals surface area contributed by atoms with Crippen molar-refractivity contribution < 1.29 is 9.53 Å². The van der Waals surface area contributed by atoms with Crippen molar-refractivity contribution in [3.63, 3.8) is 0 Å². The fourth-order valence-electron chi connectivity index (χ4n) is 2.81. The molecule has 0 spiro atoms. The number of nitrogens with zero attached hydrogens (tertiary/aromatic N) is 1. The number of anilines is 1. The molecule has 0 aliphatic carbocycles. The van der Waals surface area contributed by atoms with Crippen LogP contribution in [0.15, 0.2) is 65.1 Å². The number of carbonyl (C=O) groups excluding carboxylic acids is 1. The zero-order chi connectivity index (χ0) is 19.7. The van der Waals surface area contributed by atoms with E-state index in [9.17, 15) is 4.79 Å². The van der Waals surface area contributed by atoms with Crippen LogP contribution in [0, 0.1) is 0 Å². The summed E-state index contributed by atoms with van der Waals surface area (Å²) in [4.78, 5) is 17.3. The number of amides is 1. The molecule has 3 aromatic carbocycles. The van der Waals surface area contributed by atoms with Crippen LogP contribution in [0.25, 0.3) is 20.8 Å². The van der Waals surface area contributed by atoms with Gasteiger partial charge in [0.15, 0.2) is 0 Å². The first kappa shape index (κ1) is 18.9. The summed E-state index contributed by atoms with van der Waals surface area (Å²) in [7, 11) is 1.53. The Labute approximate surface area is 179 Å². The highest BCUT2D eigenvalue weighted by Crippen LogP contribution is 2.35. The number of rotatable bonds is 4. The number of hydrogen-bond acceptors (Lipinski definition) is 4. The SMILES string of the molecule is COc1ccc(Br)cc1C(=O)Nc1ccc(-c2nc3ccccc3s2)c(Cl)c1. The Morgan fingerprint density at radius 1 is 1.14 bits per heavy atom. The maximum absolute atomic E-state index is 12.7. The first-order valence-corrected chi connectivity index (χ1v) is 10.3. The first-order valence-electron chi connectivity index (χ1n) is 8.35. The van der Waals surface area contributed by atoms with Gasteiger partial charge < -0.3 is 10.1 Å². The van der Waals surface area contributed by atoms with Crippen LogP contribution in [0.2, 0.25) is 5.02 Å². The lowest BCUT2D eigenvalue weighted by Crippen LogP contribution is -2.13. The molecule has 1 amide bonds. The van der Waals surface area contributed by atoms with Crippen LogP contribution >= 0.6 is 38.9 Å². The lowest BCUT2D eigenvalue weighted by atomic mass is 10.1. The molecule has 7 heteroatoms. The predicted molar refractivity (Wildman–Crippen MR) is 119 cm³/mol. The Kier molecular flexibility index (Phi) is 5.35. The molecular weight excluding hydrogens is 460 g/mol. The maximum Gasteiger partial charge on any atom is 0.259 e. The van der Waals surface area contributed by atoms with Crippen LogP contribution in [0.5, 0.6) is 5.75 Å². The fourth-order valence-corrected chi connectivity index (χ4v) is 4.50. The monoisotopic (exact) mass is 472 g/mol. The highest BCUT2D eigenvalue weighted by Gasteiger charge is 2.15. The smallest absolute Gasteiger partial charge is 0.259 e. The van der Waals surface area contributed by atoms with E-state index in [0.29, 0.717) is 22.0 Å². The summed E-state index contributed by atoms with van der Waals surface area (Å²) < 4.78 is 7.17. The van der Waals surface area contributed by atoms with Gasteiger partial charge in [-0.15, -0.1) is 11.3 Å². The quantitative estimate of drug-likeness (QED) is 0.361. The molecule has 1 heterocycles. The highest BCUT2D eigenvalue weighted by molar-refractivity contribution is 9.10. The Morgan fingerprint density at radius 2 is 1.96 bits per heavy atom. The molecule has 140 valence electrons. The molecule has 4 rings (SSSR count). The van der Waals surface area contributed by atoms with Gasteiger partial charge in [0.05, 0.1) is 27.9 Å². The molecular formula is C21H14BrClN2O2S. The number of methoxy groups -OCH3 is 1. The molecule has 0 aliphatic rings. The largest absolute Gasteiger partial charge is 0.496 e. The zero-order valence-electron chi connectivity index (χ0n) is 14.7. The summed E-state index contributed by atoms with van der Waals surface area (Å²) in [6.45, 7) is 0. The van der Waals surface area contributed by atoms with Crippen LogP contribution in [0.4, 0.5) is 5.69 Å². The van der Waals surface area contributed by atoms with Gasteiger partial charge in [-0.2, -0.15) is 0 Å². The molecule has 4 aromatic rings. The second kappa shape index (κ2) is 7.91. The Morgan fingerprint density at radius 3 is 2.71 bits per heavy atom. The van der Waals surface area contributed by atoms with Crippen molar-refractivity contribution in [1.29, 1.82) is 0 Å². The van der Waals surface area contributed by atoms with Gasteiger partial charge in [-0.05, 0) is 48.5 Å². The molecule has 0 aliphatic heterocycles. The van der Waals surface area contributed by atoms with E-state index in [4.69, 9.17) is 16.3 Å². The molecule has 0 saturated carbocycles. The highest BCUT2D eigenvalue weighted by atomic mass is 79.9. The fraction of sp³-hybridized carbons (Fsp3) is 0.0476. The van der Waals surface area contributed by atoms with E-state index in [-0.39, 0.29) is 5.91 Å². The molecule has 0 fully saturated rings. The predicted octanol–water partition coefficient (Wildman–Crippen LogP) is 6.64. The Bertz CT molecular complexity index is 1160. The molecule has 4 nitrogen and oxygen atoms in total. The topological polar surface area (TPSA) is 51.2 Å². The molecule has 0 bridgehead atoms. The maximum atomic E-state index is 12.7. The number of fused-ring (bicyclic) bond motifs is 1. The average Bonchev–Trinajstić information content (AvgIpc) is 3.11. The van der Waals surface area contributed by atoms with Gasteiger partial charge in [-0.3, -0.25) is 4.79 Å². The standard InChI is InChI=1S/C21H14BrClN2O2S/c1-27-18-9-6-12(22)10-15(18)20(26)24-13-7-8-14(16(23)11-13)21-25-17-4-2-3-5-19(17)28-21/h2-11H,1H3,(H,24,26). The first-order chi connectivity index (χ1) is 13.5. The summed E-state index contributed by atoms with van der Waals surface area (Å²) >= 11 is 11.4. The van der Waals surface area contributed by atoms with E-state index in [0.717, 1.165) is 25.3 Å². The third kappa shape index (κ3) is 3.76. The van der Waals surface area contributed by atoms with Gasteiger partial charge in [0.1, 0.15) is 10.8 Å². The van der Waals surface area contributed by atoms with Crippen molar-refractivity contribution in [2.24, 2.45) is 0 Å².